The lowest BCUT2D eigenvalue weighted by Gasteiger charge is -2.23. The van der Waals surface area contributed by atoms with Gasteiger partial charge in [-0.3, -0.25) is 9.59 Å². The van der Waals surface area contributed by atoms with Crippen LogP contribution in [0, 0.1) is 11.8 Å². The van der Waals surface area contributed by atoms with E-state index < -0.39 is 11.8 Å². The molecule has 0 aliphatic carbocycles. The first-order valence-corrected chi connectivity index (χ1v) is 9.54. The molecule has 138 valence electrons. The van der Waals surface area contributed by atoms with E-state index in [1.807, 2.05) is 91.0 Å². The van der Waals surface area contributed by atoms with Crippen molar-refractivity contribution in [3.8, 4) is 0 Å². The Hall–Kier alpha value is -3.24. The quantitative estimate of drug-likeness (QED) is 0.714. The van der Waals surface area contributed by atoms with Gasteiger partial charge in [-0.05, 0) is 23.3 Å². The molecular weight excluding hydrogens is 348 g/mol. The Labute approximate surface area is 163 Å². The molecule has 28 heavy (non-hydrogen) atoms. The average Bonchev–Trinajstić information content (AvgIpc) is 3.27. The summed E-state index contributed by atoms with van der Waals surface area (Å²) in [4.78, 5) is 28.2. The number of nitrogens with zero attached hydrogens (tertiary/aromatic N) is 1. The van der Waals surface area contributed by atoms with Crippen molar-refractivity contribution >= 4 is 17.5 Å². The van der Waals surface area contributed by atoms with Gasteiger partial charge in [0.2, 0.25) is 11.8 Å². The van der Waals surface area contributed by atoms with E-state index in [9.17, 15) is 9.59 Å². The molecule has 0 spiro atoms. The van der Waals surface area contributed by atoms with Gasteiger partial charge < -0.3 is 5.32 Å². The van der Waals surface area contributed by atoms with E-state index in [4.69, 9.17) is 0 Å². The molecule has 2 fully saturated rings. The van der Waals surface area contributed by atoms with Gasteiger partial charge in [0.05, 0.1) is 17.5 Å². The fourth-order valence-electron chi connectivity index (χ4n) is 4.57. The number of para-hydroxylation sites is 1. The number of fused-ring (bicyclic) bond motifs is 1. The number of imide groups is 1. The van der Waals surface area contributed by atoms with Crippen LogP contribution in [0.2, 0.25) is 0 Å². The van der Waals surface area contributed by atoms with Crippen molar-refractivity contribution in [1.29, 1.82) is 0 Å². The van der Waals surface area contributed by atoms with Gasteiger partial charge in [-0.25, -0.2) is 4.90 Å². The highest BCUT2D eigenvalue weighted by molar-refractivity contribution is 6.22. The first-order chi connectivity index (χ1) is 13.8. The van der Waals surface area contributed by atoms with E-state index >= 15 is 0 Å². The highest BCUT2D eigenvalue weighted by atomic mass is 16.2. The Morgan fingerprint density at radius 2 is 0.964 bits per heavy atom. The molecular formula is C24H20N2O2. The number of nitrogens with one attached hydrogen (secondary N) is 1. The van der Waals surface area contributed by atoms with E-state index in [0.717, 1.165) is 11.1 Å². The zero-order chi connectivity index (χ0) is 19.1. The molecule has 2 amide bonds. The molecule has 3 aromatic carbocycles. The normalized spacial score (nSPS) is 26.5. The standard InChI is InChI=1S/C24H20N2O2/c27-23-19-20(24(28)26(23)18-14-8-3-9-15-18)22(17-12-6-2-7-13-17)25-21(19)16-10-4-1-5-11-16/h1-15,19-22,25H/t19?,20?,21-,22+. The Morgan fingerprint density at radius 3 is 1.39 bits per heavy atom. The fraction of sp³-hybridized carbons (Fsp3) is 0.167. The van der Waals surface area contributed by atoms with E-state index in [1.165, 1.54) is 4.90 Å². The molecule has 2 aliphatic heterocycles. The topological polar surface area (TPSA) is 49.4 Å². The van der Waals surface area contributed by atoms with Gasteiger partial charge >= 0.3 is 0 Å². The Kier molecular flexibility index (Phi) is 4.06. The monoisotopic (exact) mass is 368 g/mol. The van der Waals surface area contributed by atoms with Crippen LogP contribution in [0.1, 0.15) is 23.2 Å². The summed E-state index contributed by atoms with van der Waals surface area (Å²) >= 11 is 0. The van der Waals surface area contributed by atoms with Crippen molar-refractivity contribution in [2.45, 2.75) is 12.1 Å². The fourth-order valence-corrected chi connectivity index (χ4v) is 4.57. The summed E-state index contributed by atoms with van der Waals surface area (Å²) in [7, 11) is 0. The van der Waals surface area contributed by atoms with Crippen LogP contribution >= 0.6 is 0 Å². The number of benzene rings is 3. The molecule has 4 atom stereocenters. The average molecular weight is 368 g/mol. The number of rotatable bonds is 3. The zero-order valence-corrected chi connectivity index (χ0v) is 15.2. The lowest BCUT2D eigenvalue weighted by molar-refractivity contribution is -0.123. The number of anilines is 1. The summed E-state index contributed by atoms with van der Waals surface area (Å²) in [5.41, 5.74) is 2.71. The molecule has 0 radical (unpaired) electrons. The van der Waals surface area contributed by atoms with Crippen LogP contribution in [0.4, 0.5) is 5.69 Å². The molecule has 2 unspecified atom stereocenters. The predicted molar refractivity (Wildman–Crippen MR) is 107 cm³/mol. The minimum Gasteiger partial charge on any atom is -0.302 e. The van der Waals surface area contributed by atoms with Crippen molar-refractivity contribution in [1.82, 2.24) is 5.32 Å². The Bertz CT molecular complexity index is 941. The van der Waals surface area contributed by atoms with Crippen LogP contribution in [-0.4, -0.2) is 11.8 Å². The van der Waals surface area contributed by atoms with Crippen LogP contribution in [0.3, 0.4) is 0 Å². The van der Waals surface area contributed by atoms with Gasteiger partial charge in [0.15, 0.2) is 0 Å². The minimum atomic E-state index is -0.416. The van der Waals surface area contributed by atoms with Crippen molar-refractivity contribution in [2.24, 2.45) is 11.8 Å². The van der Waals surface area contributed by atoms with Crippen LogP contribution < -0.4 is 10.2 Å². The third-order valence-electron chi connectivity index (χ3n) is 5.81. The molecule has 3 aromatic rings. The van der Waals surface area contributed by atoms with Crippen molar-refractivity contribution in [3.05, 3.63) is 102 Å². The van der Waals surface area contributed by atoms with Gasteiger partial charge in [-0.15, -0.1) is 0 Å². The lowest BCUT2D eigenvalue weighted by Crippen LogP contribution is -2.36. The third kappa shape index (κ3) is 2.57. The van der Waals surface area contributed by atoms with Crippen molar-refractivity contribution in [3.63, 3.8) is 0 Å². The molecule has 2 aliphatic rings. The molecule has 0 aromatic heterocycles. The molecule has 2 heterocycles. The summed E-state index contributed by atoms with van der Waals surface area (Å²) < 4.78 is 0. The second-order valence-corrected chi connectivity index (χ2v) is 7.34. The SMILES string of the molecule is O=C1C2C(C(=O)N1c1ccccc1)[C@H](c1ccccc1)N[C@@H]2c1ccccc1. The van der Waals surface area contributed by atoms with E-state index in [1.54, 1.807) is 0 Å². The van der Waals surface area contributed by atoms with Crippen LogP contribution in [0.15, 0.2) is 91.0 Å². The minimum absolute atomic E-state index is 0.124. The molecule has 4 heteroatoms. The van der Waals surface area contributed by atoms with Gasteiger partial charge in [0.25, 0.3) is 0 Å². The van der Waals surface area contributed by atoms with Crippen LogP contribution in [-0.2, 0) is 9.59 Å². The molecule has 1 N–H and O–H groups in total. The lowest BCUT2D eigenvalue weighted by atomic mass is 9.84. The summed E-state index contributed by atoms with van der Waals surface area (Å²) in [6, 6.07) is 28.7. The largest absolute Gasteiger partial charge is 0.302 e. The maximum Gasteiger partial charge on any atom is 0.239 e. The van der Waals surface area contributed by atoms with Gasteiger partial charge in [0.1, 0.15) is 0 Å². The highest BCUT2D eigenvalue weighted by Crippen LogP contribution is 2.50. The maximum atomic E-state index is 13.4. The first-order valence-electron chi connectivity index (χ1n) is 9.54. The molecule has 0 bridgehead atoms. The highest BCUT2D eigenvalue weighted by Gasteiger charge is 2.59. The second kappa shape index (κ2) is 6.73. The number of hydrogen-bond acceptors (Lipinski definition) is 3. The number of carbonyl (C=O) groups is 2. The van der Waals surface area contributed by atoms with Crippen LogP contribution in [0.5, 0.6) is 0 Å². The molecule has 0 saturated carbocycles. The first kappa shape index (κ1) is 16.9. The Morgan fingerprint density at radius 1 is 0.571 bits per heavy atom. The summed E-state index contributed by atoms with van der Waals surface area (Å²) in [6.07, 6.45) is 0. The van der Waals surface area contributed by atoms with E-state index in [2.05, 4.69) is 5.32 Å². The smallest absolute Gasteiger partial charge is 0.239 e. The summed E-state index contributed by atoms with van der Waals surface area (Å²) in [5, 5.41) is 3.59. The zero-order valence-electron chi connectivity index (χ0n) is 15.2. The van der Waals surface area contributed by atoms with Gasteiger partial charge in [0, 0.05) is 12.1 Å². The van der Waals surface area contributed by atoms with E-state index in [-0.39, 0.29) is 23.9 Å². The van der Waals surface area contributed by atoms with Crippen LogP contribution in [0.25, 0.3) is 0 Å². The molecule has 2 saturated heterocycles. The number of hydrogen-bond donors (Lipinski definition) is 1. The third-order valence-corrected chi connectivity index (χ3v) is 5.81. The Balaban J connectivity index is 1.61. The summed E-state index contributed by atoms with van der Waals surface area (Å²) in [6.45, 7) is 0. The molecule has 4 nitrogen and oxygen atoms in total. The maximum absolute atomic E-state index is 13.4. The van der Waals surface area contributed by atoms with Crippen molar-refractivity contribution in [2.75, 3.05) is 4.90 Å². The van der Waals surface area contributed by atoms with E-state index in [0.29, 0.717) is 5.69 Å². The molecule has 5 rings (SSSR count). The number of amides is 2. The van der Waals surface area contributed by atoms with Crippen molar-refractivity contribution < 1.29 is 9.59 Å². The summed E-state index contributed by atoms with van der Waals surface area (Å²) in [5.74, 6) is -1.08. The predicted octanol–water partition coefficient (Wildman–Crippen LogP) is 3.88. The number of carbonyl (C=O) groups excluding carboxylic acids is 2. The van der Waals surface area contributed by atoms with Gasteiger partial charge in [-0.2, -0.15) is 0 Å². The van der Waals surface area contributed by atoms with Gasteiger partial charge in [-0.1, -0.05) is 78.9 Å². The second-order valence-electron chi connectivity index (χ2n) is 7.34.